The monoisotopic (exact) mass is 232 g/mol. The highest BCUT2D eigenvalue weighted by Gasteiger charge is 2.08. The van der Waals surface area contributed by atoms with E-state index < -0.39 is 0 Å². The van der Waals surface area contributed by atoms with Crippen LogP contribution in [0, 0.1) is 0 Å². The lowest BCUT2D eigenvalue weighted by Gasteiger charge is -2.19. The molecule has 1 heterocycles. The summed E-state index contributed by atoms with van der Waals surface area (Å²) in [6, 6.07) is 5.64. The predicted molar refractivity (Wildman–Crippen MR) is 69.1 cm³/mol. The van der Waals surface area contributed by atoms with Gasteiger partial charge < -0.3 is 15.4 Å². The molecule has 1 aromatic heterocycles. The van der Waals surface area contributed by atoms with Gasteiger partial charge in [0.25, 0.3) is 0 Å². The number of nitrogens with zero attached hydrogens (tertiary/aromatic N) is 3. The normalized spacial score (nSPS) is 10.7. The van der Waals surface area contributed by atoms with Crippen molar-refractivity contribution in [3.8, 4) is 0 Å². The van der Waals surface area contributed by atoms with Gasteiger partial charge in [0, 0.05) is 31.8 Å². The van der Waals surface area contributed by atoms with Crippen LogP contribution in [0.25, 0.3) is 10.9 Å². The van der Waals surface area contributed by atoms with E-state index in [4.69, 9.17) is 10.5 Å². The maximum absolute atomic E-state index is 5.79. The van der Waals surface area contributed by atoms with Crippen molar-refractivity contribution in [2.45, 2.75) is 0 Å². The van der Waals surface area contributed by atoms with E-state index >= 15 is 0 Å². The van der Waals surface area contributed by atoms with Gasteiger partial charge in [-0.05, 0) is 18.2 Å². The Morgan fingerprint density at radius 1 is 1.35 bits per heavy atom. The van der Waals surface area contributed by atoms with Crippen LogP contribution in [-0.2, 0) is 4.74 Å². The van der Waals surface area contributed by atoms with Gasteiger partial charge in [-0.15, -0.1) is 0 Å². The molecule has 0 spiro atoms. The molecule has 5 nitrogen and oxygen atoms in total. The Hall–Kier alpha value is -1.88. The van der Waals surface area contributed by atoms with Crippen molar-refractivity contribution in [3.63, 3.8) is 0 Å². The Labute approximate surface area is 100 Å². The Balaban J connectivity index is 2.42. The number of ether oxygens (including phenoxy) is 1. The third-order valence-corrected chi connectivity index (χ3v) is 2.63. The van der Waals surface area contributed by atoms with Crippen molar-refractivity contribution < 1.29 is 4.74 Å². The second-order valence-electron chi connectivity index (χ2n) is 3.89. The first-order valence-electron chi connectivity index (χ1n) is 5.42. The van der Waals surface area contributed by atoms with E-state index in [1.165, 1.54) is 0 Å². The van der Waals surface area contributed by atoms with Gasteiger partial charge in [-0.1, -0.05) is 0 Å². The first kappa shape index (κ1) is 11.6. The van der Waals surface area contributed by atoms with E-state index in [1.807, 2.05) is 30.1 Å². The second kappa shape index (κ2) is 4.97. The van der Waals surface area contributed by atoms with Gasteiger partial charge in [0.15, 0.2) is 0 Å². The first-order valence-corrected chi connectivity index (χ1v) is 5.42. The third-order valence-electron chi connectivity index (χ3n) is 2.63. The van der Waals surface area contributed by atoms with Crippen molar-refractivity contribution in [1.29, 1.82) is 0 Å². The molecule has 0 unspecified atom stereocenters. The summed E-state index contributed by atoms with van der Waals surface area (Å²) in [5, 5.41) is 0.964. The van der Waals surface area contributed by atoms with Crippen LogP contribution in [0.1, 0.15) is 0 Å². The zero-order chi connectivity index (χ0) is 12.3. The van der Waals surface area contributed by atoms with Crippen molar-refractivity contribution in [3.05, 3.63) is 24.5 Å². The molecule has 90 valence electrons. The van der Waals surface area contributed by atoms with Gasteiger partial charge >= 0.3 is 0 Å². The maximum Gasteiger partial charge on any atom is 0.139 e. The van der Waals surface area contributed by atoms with Gasteiger partial charge in [0.1, 0.15) is 12.1 Å². The molecule has 0 aliphatic heterocycles. The van der Waals surface area contributed by atoms with E-state index in [-0.39, 0.29) is 0 Å². The molecule has 0 aliphatic carbocycles. The topological polar surface area (TPSA) is 64.3 Å². The summed E-state index contributed by atoms with van der Waals surface area (Å²) in [5.74, 6) is 0.874. The van der Waals surface area contributed by atoms with Crippen molar-refractivity contribution in [1.82, 2.24) is 9.97 Å². The minimum atomic E-state index is 0.657. The van der Waals surface area contributed by atoms with Crippen LogP contribution in [0.4, 0.5) is 11.5 Å². The van der Waals surface area contributed by atoms with E-state index in [9.17, 15) is 0 Å². The van der Waals surface area contributed by atoms with Crippen LogP contribution in [0.5, 0.6) is 0 Å². The fourth-order valence-corrected chi connectivity index (χ4v) is 1.70. The lowest BCUT2D eigenvalue weighted by atomic mass is 10.2. The molecule has 2 aromatic rings. The van der Waals surface area contributed by atoms with Gasteiger partial charge in [0.2, 0.25) is 0 Å². The van der Waals surface area contributed by atoms with Gasteiger partial charge in [0.05, 0.1) is 12.1 Å². The van der Waals surface area contributed by atoms with Crippen molar-refractivity contribution >= 4 is 22.4 Å². The molecule has 1 aromatic carbocycles. The van der Waals surface area contributed by atoms with E-state index in [0.29, 0.717) is 12.3 Å². The standard InChI is InChI=1S/C12H16N4O/c1-16(5-6-17-2)12-10-7-9(13)3-4-11(10)14-8-15-12/h3-4,7-8H,5-6,13H2,1-2H3. The smallest absolute Gasteiger partial charge is 0.139 e. The average Bonchev–Trinajstić information content (AvgIpc) is 2.35. The number of benzene rings is 1. The number of fused-ring (bicyclic) bond motifs is 1. The van der Waals surface area contributed by atoms with E-state index in [2.05, 4.69) is 9.97 Å². The lowest BCUT2D eigenvalue weighted by molar-refractivity contribution is 0.206. The molecule has 2 rings (SSSR count). The Morgan fingerprint density at radius 3 is 2.94 bits per heavy atom. The number of methoxy groups -OCH3 is 1. The molecule has 0 saturated heterocycles. The highest BCUT2D eigenvalue weighted by Crippen LogP contribution is 2.23. The zero-order valence-electron chi connectivity index (χ0n) is 10.1. The predicted octanol–water partition coefficient (Wildman–Crippen LogP) is 1.29. The largest absolute Gasteiger partial charge is 0.399 e. The summed E-state index contributed by atoms with van der Waals surface area (Å²) in [4.78, 5) is 10.6. The fourth-order valence-electron chi connectivity index (χ4n) is 1.70. The Kier molecular flexibility index (Phi) is 3.39. The summed E-state index contributed by atoms with van der Waals surface area (Å²) in [7, 11) is 3.66. The van der Waals surface area contributed by atoms with Crippen LogP contribution < -0.4 is 10.6 Å². The van der Waals surface area contributed by atoms with E-state index in [0.717, 1.165) is 23.3 Å². The lowest BCUT2D eigenvalue weighted by Crippen LogP contribution is -2.23. The van der Waals surface area contributed by atoms with Gasteiger partial charge in [-0.25, -0.2) is 9.97 Å². The quantitative estimate of drug-likeness (QED) is 0.805. The van der Waals surface area contributed by atoms with Crippen molar-refractivity contribution in [2.75, 3.05) is 37.9 Å². The molecular formula is C12H16N4O. The van der Waals surface area contributed by atoms with Crippen LogP contribution >= 0.6 is 0 Å². The highest BCUT2D eigenvalue weighted by molar-refractivity contribution is 5.91. The highest BCUT2D eigenvalue weighted by atomic mass is 16.5. The molecule has 5 heteroatoms. The molecule has 0 amide bonds. The molecular weight excluding hydrogens is 216 g/mol. The first-order chi connectivity index (χ1) is 8.22. The number of likely N-dealkylation sites (N-methyl/N-ethyl adjacent to an activating group) is 1. The minimum absolute atomic E-state index is 0.657. The second-order valence-corrected chi connectivity index (χ2v) is 3.89. The minimum Gasteiger partial charge on any atom is -0.399 e. The average molecular weight is 232 g/mol. The summed E-state index contributed by atoms with van der Waals surface area (Å²) in [5.41, 5.74) is 7.41. The molecule has 17 heavy (non-hydrogen) atoms. The summed E-state index contributed by atoms with van der Waals surface area (Å²) in [6.45, 7) is 1.43. The third kappa shape index (κ3) is 2.45. The molecule has 2 N–H and O–H groups in total. The Morgan fingerprint density at radius 2 is 2.18 bits per heavy atom. The van der Waals surface area contributed by atoms with Crippen LogP contribution in [-0.4, -0.2) is 37.3 Å². The van der Waals surface area contributed by atoms with Gasteiger partial charge in [-0.2, -0.15) is 0 Å². The molecule has 0 atom stereocenters. The number of nitrogens with two attached hydrogens (primary N) is 1. The van der Waals surface area contributed by atoms with E-state index in [1.54, 1.807) is 13.4 Å². The Bertz CT molecular complexity index is 515. The van der Waals surface area contributed by atoms with Crippen LogP contribution in [0.15, 0.2) is 24.5 Å². The number of hydrogen-bond donors (Lipinski definition) is 1. The molecule has 0 saturated carbocycles. The number of nitrogen functional groups attached to an aromatic ring is 1. The molecule has 0 fully saturated rings. The maximum atomic E-state index is 5.79. The van der Waals surface area contributed by atoms with Crippen LogP contribution in [0.3, 0.4) is 0 Å². The molecule has 0 bridgehead atoms. The number of rotatable bonds is 4. The molecule has 0 aliphatic rings. The zero-order valence-corrected chi connectivity index (χ0v) is 10.1. The summed E-state index contributed by atoms with van der Waals surface area (Å²) >= 11 is 0. The SMILES string of the molecule is COCCN(C)c1ncnc2ccc(N)cc12. The van der Waals surface area contributed by atoms with Crippen molar-refractivity contribution in [2.24, 2.45) is 0 Å². The molecule has 0 radical (unpaired) electrons. The fraction of sp³-hybridized carbons (Fsp3) is 0.333. The number of aromatic nitrogens is 2. The summed E-state index contributed by atoms with van der Waals surface area (Å²) in [6.07, 6.45) is 1.57. The number of anilines is 2. The van der Waals surface area contributed by atoms with Crippen LogP contribution in [0.2, 0.25) is 0 Å². The van der Waals surface area contributed by atoms with Gasteiger partial charge in [-0.3, -0.25) is 0 Å². The number of hydrogen-bond acceptors (Lipinski definition) is 5. The summed E-state index contributed by atoms with van der Waals surface area (Å²) < 4.78 is 5.06.